The van der Waals surface area contributed by atoms with Crippen molar-refractivity contribution in [2.45, 2.75) is 181 Å². The lowest BCUT2D eigenvalue weighted by Crippen LogP contribution is -2.34. The number of rotatable bonds is 24. The molecule has 194 valence electrons. The van der Waals surface area contributed by atoms with E-state index in [-0.39, 0.29) is 11.2 Å². The first-order valence-electron chi connectivity index (χ1n) is 14.4. The Morgan fingerprint density at radius 3 is 0.938 bits per heavy atom. The molecule has 0 fully saturated rings. The van der Waals surface area contributed by atoms with E-state index >= 15 is 0 Å². The van der Waals surface area contributed by atoms with Crippen LogP contribution in [0.2, 0.25) is 0 Å². The van der Waals surface area contributed by atoms with Crippen LogP contribution >= 0.6 is 8.25 Å². The van der Waals surface area contributed by atoms with E-state index in [2.05, 4.69) is 41.5 Å². The Hall–Kier alpha value is 0.150. The minimum absolute atomic E-state index is 0.262. The first-order valence-corrected chi connectivity index (χ1v) is 15.6. The summed E-state index contributed by atoms with van der Waals surface area (Å²) in [5.74, 6) is 0. The number of unbranched alkanes of at least 4 members (excludes halogenated alkanes) is 8. The largest absolute Gasteiger partial charge is 0.320 e. The molecule has 0 amide bonds. The molecule has 0 aromatic heterocycles. The summed E-state index contributed by atoms with van der Waals surface area (Å²) in [5, 5.41) is 0. The number of hydrogen-bond donors (Lipinski definition) is 0. The van der Waals surface area contributed by atoms with Gasteiger partial charge in [-0.05, 0) is 38.5 Å². The van der Waals surface area contributed by atoms with Crippen molar-refractivity contribution >= 4 is 8.25 Å². The third kappa shape index (κ3) is 14.4. The van der Waals surface area contributed by atoms with Crippen LogP contribution in [0.4, 0.5) is 0 Å². The van der Waals surface area contributed by atoms with E-state index in [1.165, 1.54) is 25.7 Å². The van der Waals surface area contributed by atoms with Gasteiger partial charge in [-0.25, -0.2) is 0 Å². The molecular formula is C28H59O3P. The van der Waals surface area contributed by atoms with Crippen LogP contribution in [-0.2, 0) is 13.6 Å². The summed E-state index contributed by atoms with van der Waals surface area (Å²) in [6.07, 6.45) is 22.4. The predicted octanol–water partition coefficient (Wildman–Crippen LogP) is 10.8. The molecule has 32 heavy (non-hydrogen) atoms. The maximum absolute atomic E-state index is 13.5. The third-order valence-corrected chi connectivity index (χ3v) is 8.21. The normalized spacial score (nSPS) is 12.7. The molecule has 0 saturated carbocycles. The summed E-state index contributed by atoms with van der Waals surface area (Å²) in [6, 6.07) is 0. The van der Waals surface area contributed by atoms with Crippen LogP contribution in [0.1, 0.15) is 170 Å². The minimum atomic E-state index is -2.55. The van der Waals surface area contributed by atoms with Crippen molar-refractivity contribution in [3.63, 3.8) is 0 Å². The maximum Gasteiger partial charge on any atom is 0.320 e. The predicted molar refractivity (Wildman–Crippen MR) is 143 cm³/mol. The smallest absolute Gasteiger partial charge is 0.304 e. The van der Waals surface area contributed by atoms with Crippen LogP contribution < -0.4 is 0 Å². The lowest BCUT2D eigenvalue weighted by Gasteiger charge is -2.38. The second-order valence-corrected chi connectivity index (χ2v) is 11.1. The van der Waals surface area contributed by atoms with Gasteiger partial charge < -0.3 is 9.05 Å². The van der Waals surface area contributed by atoms with E-state index in [0.29, 0.717) is 0 Å². The topological polar surface area (TPSA) is 35.5 Å². The van der Waals surface area contributed by atoms with Gasteiger partial charge in [-0.1, -0.05) is 131 Å². The summed E-state index contributed by atoms with van der Waals surface area (Å²) in [4.78, 5) is 0. The molecule has 0 aliphatic rings. The van der Waals surface area contributed by atoms with Crippen LogP contribution in [0.3, 0.4) is 0 Å². The van der Waals surface area contributed by atoms with Gasteiger partial charge in [0.1, 0.15) is 0 Å². The van der Waals surface area contributed by atoms with Gasteiger partial charge in [0.15, 0.2) is 0 Å². The lowest BCUT2D eigenvalue weighted by molar-refractivity contribution is -0.0178. The van der Waals surface area contributed by atoms with E-state index in [1.807, 2.05) is 0 Å². The van der Waals surface area contributed by atoms with Crippen LogP contribution in [0.5, 0.6) is 0 Å². The molecule has 0 rings (SSSR count). The third-order valence-electron chi connectivity index (χ3n) is 7.02. The highest BCUT2D eigenvalue weighted by Gasteiger charge is 2.36. The van der Waals surface area contributed by atoms with Crippen LogP contribution in [0, 0.1) is 0 Å². The fourth-order valence-electron chi connectivity index (χ4n) is 4.82. The van der Waals surface area contributed by atoms with Crippen LogP contribution in [0.15, 0.2) is 0 Å². The van der Waals surface area contributed by atoms with Crippen molar-refractivity contribution in [3.8, 4) is 0 Å². The fraction of sp³-hybridized carbons (Fsp3) is 1.00. The molecule has 0 bridgehead atoms. The van der Waals surface area contributed by atoms with Crippen molar-refractivity contribution in [2.24, 2.45) is 0 Å². The van der Waals surface area contributed by atoms with Crippen molar-refractivity contribution < 1.29 is 13.6 Å². The summed E-state index contributed by atoms with van der Waals surface area (Å²) in [6.45, 7) is 13.5. The zero-order valence-electron chi connectivity index (χ0n) is 22.9. The van der Waals surface area contributed by atoms with Gasteiger partial charge in [0, 0.05) is 0 Å². The summed E-state index contributed by atoms with van der Waals surface area (Å²) in [7, 11) is -2.55. The molecule has 3 nitrogen and oxygen atoms in total. The molecule has 0 radical (unpaired) electrons. The lowest BCUT2D eigenvalue weighted by atomic mass is 9.86. The minimum Gasteiger partial charge on any atom is -0.304 e. The molecule has 0 unspecified atom stereocenters. The Morgan fingerprint density at radius 1 is 0.438 bits per heavy atom. The highest BCUT2D eigenvalue weighted by molar-refractivity contribution is 7.33. The van der Waals surface area contributed by atoms with Gasteiger partial charge in [0.2, 0.25) is 0 Å². The van der Waals surface area contributed by atoms with Gasteiger partial charge in [-0.15, -0.1) is 0 Å². The number of hydrogen-bond acceptors (Lipinski definition) is 3. The molecule has 0 atom stereocenters. The summed E-state index contributed by atoms with van der Waals surface area (Å²) in [5.41, 5.74) is -0.524. The molecule has 0 aromatic carbocycles. The van der Waals surface area contributed by atoms with Gasteiger partial charge >= 0.3 is 8.25 Å². The average molecular weight is 475 g/mol. The molecule has 0 N–H and O–H groups in total. The fourth-order valence-corrected chi connectivity index (χ4v) is 6.18. The zero-order chi connectivity index (χ0) is 24.1. The molecule has 0 heterocycles. The highest BCUT2D eigenvalue weighted by Crippen LogP contribution is 2.46. The Morgan fingerprint density at radius 2 is 0.688 bits per heavy atom. The van der Waals surface area contributed by atoms with Gasteiger partial charge in [-0.2, -0.15) is 0 Å². The first-order chi connectivity index (χ1) is 15.5. The Balaban J connectivity index is 5.57. The second kappa shape index (κ2) is 20.5. The van der Waals surface area contributed by atoms with E-state index in [0.717, 1.165) is 103 Å². The van der Waals surface area contributed by atoms with E-state index < -0.39 is 8.25 Å². The van der Waals surface area contributed by atoms with Crippen LogP contribution in [0.25, 0.3) is 0 Å². The monoisotopic (exact) mass is 474 g/mol. The summed E-state index contributed by atoms with van der Waals surface area (Å²) >= 11 is 0. The van der Waals surface area contributed by atoms with E-state index in [4.69, 9.17) is 9.05 Å². The standard InChI is InChI=1S/C28H59O3P/c1-7-13-19-25-27(21-15-9-3,22-16-10-4)30-32(29)31-28(23-17-11-5,24-18-12-6)26-20-14-8-2/h32H,7-26H2,1-6H3. The first kappa shape index (κ1) is 32.1. The van der Waals surface area contributed by atoms with Crippen molar-refractivity contribution in [2.75, 3.05) is 0 Å². The molecule has 0 aliphatic heterocycles. The van der Waals surface area contributed by atoms with Gasteiger partial charge in [0.05, 0.1) is 11.2 Å². The van der Waals surface area contributed by atoms with Gasteiger partial charge in [-0.3, -0.25) is 4.57 Å². The molecule has 4 heteroatoms. The second-order valence-electron chi connectivity index (χ2n) is 10.1. The quantitative estimate of drug-likeness (QED) is 0.103. The average Bonchev–Trinajstić information content (AvgIpc) is 2.79. The molecule has 0 spiro atoms. The Bertz CT molecular complexity index is 384. The zero-order valence-corrected chi connectivity index (χ0v) is 23.9. The molecule has 0 saturated heterocycles. The Labute approximate surface area is 203 Å². The van der Waals surface area contributed by atoms with E-state index in [1.54, 1.807) is 0 Å². The van der Waals surface area contributed by atoms with Crippen LogP contribution in [-0.4, -0.2) is 11.2 Å². The maximum atomic E-state index is 13.5. The van der Waals surface area contributed by atoms with Gasteiger partial charge in [0.25, 0.3) is 0 Å². The molecule has 0 aliphatic carbocycles. The Kier molecular flexibility index (Phi) is 20.6. The molecular weight excluding hydrogens is 415 g/mol. The van der Waals surface area contributed by atoms with Crippen molar-refractivity contribution in [1.82, 2.24) is 0 Å². The SMILES string of the molecule is CCCCCC(CCCC)(CCCC)O[PH](=O)OC(CCCC)(CCCC)CCCCC. The summed E-state index contributed by atoms with van der Waals surface area (Å²) < 4.78 is 26.6. The van der Waals surface area contributed by atoms with Crippen molar-refractivity contribution in [1.29, 1.82) is 0 Å². The highest BCUT2D eigenvalue weighted by atomic mass is 31.1. The molecule has 0 aromatic rings. The van der Waals surface area contributed by atoms with E-state index in [9.17, 15) is 4.57 Å². The van der Waals surface area contributed by atoms with Crippen molar-refractivity contribution in [3.05, 3.63) is 0 Å².